The molecule has 0 spiro atoms. The van der Waals surface area contributed by atoms with Crippen molar-refractivity contribution in [3.05, 3.63) is 73.9 Å². The van der Waals surface area contributed by atoms with Crippen LogP contribution in [0.25, 0.3) is 0 Å². The Kier molecular flexibility index (Phi) is 6.96. The number of hydrogen-bond acceptors (Lipinski definition) is 1. The van der Waals surface area contributed by atoms with Crippen LogP contribution in [0.4, 0.5) is 0 Å². The first-order valence-electron chi connectivity index (χ1n) is 6.64. The van der Waals surface area contributed by atoms with Gasteiger partial charge in [-0.2, -0.15) is 0 Å². The molecule has 0 radical (unpaired) electrons. The Bertz CT molecular complexity index is 492. The fraction of sp³-hybridized carbons (Fsp3) is 0.222. The van der Waals surface area contributed by atoms with Crippen molar-refractivity contribution in [3.63, 3.8) is 0 Å². The minimum absolute atomic E-state index is 0.0476. The second kappa shape index (κ2) is 8.49. The van der Waals surface area contributed by atoms with Gasteiger partial charge in [0.15, 0.2) is 4.90 Å². The summed E-state index contributed by atoms with van der Waals surface area (Å²) in [5, 5.41) is 10.1. The van der Waals surface area contributed by atoms with Crippen LogP contribution in [0.5, 0.6) is 5.75 Å². The van der Waals surface area contributed by atoms with Gasteiger partial charge in [0.05, 0.1) is 0 Å². The molecule has 1 rings (SSSR count). The van der Waals surface area contributed by atoms with Crippen LogP contribution in [-0.4, -0.2) is 16.6 Å². The van der Waals surface area contributed by atoms with E-state index in [0.29, 0.717) is 12.2 Å². The molecule has 0 atom stereocenters. The maximum atomic E-state index is 10.1. The van der Waals surface area contributed by atoms with Crippen LogP contribution in [0.1, 0.15) is 11.1 Å². The maximum absolute atomic E-state index is 10.1. The standard InChI is InChI=1S/C18H22OS/c1-5-9-15-16(10-6-2)18(12-11-17(15)19)20(13-7-3)14-8-4/h5-8,11-12H,1-4,9-10,13-14H2/p+1. The van der Waals surface area contributed by atoms with E-state index in [1.807, 2.05) is 30.4 Å². The zero-order valence-electron chi connectivity index (χ0n) is 12.0. The highest BCUT2D eigenvalue weighted by molar-refractivity contribution is 7.97. The van der Waals surface area contributed by atoms with E-state index in [0.717, 1.165) is 23.5 Å². The van der Waals surface area contributed by atoms with E-state index in [1.165, 1.54) is 10.5 Å². The van der Waals surface area contributed by atoms with Crippen molar-refractivity contribution in [1.82, 2.24) is 0 Å². The van der Waals surface area contributed by atoms with Gasteiger partial charge in [-0.05, 0) is 37.1 Å². The number of phenolic OH excluding ortho intramolecular Hbond substituents is 1. The lowest BCUT2D eigenvalue weighted by Gasteiger charge is -2.14. The fourth-order valence-corrected chi connectivity index (χ4v) is 4.08. The fourth-order valence-electron chi connectivity index (χ4n) is 2.20. The predicted octanol–water partition coefficient (Wildman–Crippen LogP) is 4.20. The Balaban J connectivity index is 3.38. The van der Waals surface area contributed by atoms with Crippen molar-refractivity contribution in [2.45, 2.75) is 17.7 Å². The molecule has 0 aliphatic heterocycles. The summed E-state index contributed by atoms with van der Waals surface area (Å²) >= 11 is 0. The molecule has 0 heterocycles. The van der Waals surface area contributed by atoms with Gasteiger partial charge in [0, 0.05) is 22.0 Å². The Morgan fingerprint density at radius 2 is 1.40 bits per heavy atom. The molecule has 0 unspecified atom stereocenters. The van der Waals surface area contributed by atoms with E-state index in [1.54, 1.807) is 6.07 Å². The molecule has 0 fully saturated rings. The lowest BCUT2D eigenvalue weighted by atomic mass is 10.0. The highest BCUT2D eigenvalue weighted by Crippen LogP contribution is 2.31. The van der Waals surface area contributed by atoms with Crippen molar-refractivity contribution in [1.29, 1.82) is 0 Å². The van der Waals surface area contributed by atoms with Crippen molar-refractivity contribution in [3.8, 4) is 5.75 Å². The van der Waals surface area contributed by atoms with Crippen LogP contribution < -0.4 is 0 Å². The number of phenols is 1. The molecule has 0 saturated heterocycles. The molecular weight excluding hydrogens is 264 g/mol. The zero-order chi connectivity index (χ0) is 15.0. The SMILES string of the molecule is C=CCc1c(O)ccc([S+](CC=C)CC=C)c1CC=C. The van der Waals surface area contributed by atoms with Gasteiger partial charge in [0.2, 0.25) is 0 Å². The number of hydrogen-bond donors (Lipinski definition) is 1. The molecule has 0 amide bonds. The summed E-state index contributed by atoms with van der Waals surface area (Å²) in [6, 6.07) is 3.81. The van der Waals surface area contributed by atoms with Crippen molar-refractivity contribution < 1.29 is 5.11 Å². The maximum Gasteiger partial charge on any atom is 0.159 e. The first kappa shape index (κ1) is 16.4. The van der Waals surface area contributed by atoms with Crippen LogP contribution in [0, 0.1) is 0 Å². The van der Waals surface area contributed by atoms with E-state index in [4.69, 9.17) is 0 Å². The summed E-state index contributed by atoms with van der Waals surface area (Å²) in [6.45, 7) is 15.3. The zero-order valence-corrected chi connectivity index (χ0v) is 12.8. The van der Waals surface area contributed by atoms with E-state index in [-0.39, 0.29) is 10.9 Å². The number of allylic oxidation sites excluding steroid dienone is 2. The smallest absolute Gasteiger partial charge is 0.159 e. The average molecular weight is 287 g/mol. The third-order valence-corrected chi connectivity index (χ3v) is 5.29. The van der Waals surface area contributed by atoms with Crippen LogP contribution in [0.3, 0.4) is 0 Å². The molecule has 20 heavy (non-hydrogen) atoms. The molecule has 0 saturated carbocycles. The monoisotopic (exact) mass is 287 g/mol. The predicted molar refractivity (Wildman–Crippen MR) is 91.7 cm³/mol. The van der Waals surface area contributed by atoms with Gasteiger partial charge in [-0.3, -0.25) is 0 Å². The molecule has 1 aromatic carbocycles. The Morgan fingerprint density at radius 1 is 0.850 bits per heavy atom. The third kappa shape index (κ3) is 3.91. The first-order valence-corrected chi connectivity index (χ1v) is 8.20. The Hall–Kier alpha value is -1.67. The number of benzene rings is 1. The third-order valence-electron chi connectivity index (χ3n) is 3.01. The largest absolute Gasteiger partial charge is 0.508 e. The topological polar surface area (TPSA) is 20.2 Å². The van der Waals surface area contributed by atoms with E-state index < -0.39 is 0 Å². The van der Waals surface area contributed by atoms with Gasteiger partial charge in [-0.15, -0.1) is 13.2 Å². The molecule has 1 aromatic rings. The van der Waals surface area contributed by atoms with Gasteiger partial charge in [-0.25, -0.2) is 0 Å². The van der Waals surface area contributed by atoms with Crippen LogP contribution in [-0.2, 0) is 23.7 Å². The molecule has 2 heteroatoms. The summed E-state index contributed by atoms with van der Waals surface area (Å²) in [6.07, 6.45) is 9.03. The quantitative estimate of drug-likeness (QED) is 0.533. The van der Waals surface area contributed by atoms with Gasteiger partial charge in [-0.1, -0.05) is 25.3 Å². The Labute approximate surface area is 125 Å². The highest BCUT2D eigenvalue weighted by Gasteiger charge is 2.25. The van der Waals surface area contributed by atoms with Crippen LogP contribution in [0.15, 0.2) is 67.6 Å². The number of aromatic hydroxyl groups is 1. The molecule has 1 N–H and O–H groups in total. The second-order valence-electron chi connectivity index (χ2n) is 4.43. The molecule has 0 aliphatic rings. The Morgan fingerprint density at radius 3 is 1.90 bits per heavy atom. The van der Waals surface area contributed by atoms with E-state index >= 15 is 0 Å². The molecule has 0 aromatic heterocycles. The van der Waals surface area contributed by atoms with E-state index in [2.05, 4.69) is 26.3 Å². The average Bonchev–Trinajstić information content (AvgIpc) is 2.43. The summed E-state index contributed by atoms with van der Waals surface area (Å²) in [7, 11) is 0.0476. The minimum atomic E-state index is 0.0476. The summed E-state index contributed by atoms with van der Waals surface area (Å²) in [4.78, 5) is 1.28. The summed E-state index contributed by atoms with van der Waals surface area (Å²) in [5.74, 6) is 2.19. The highest BCUT2D eigenvalue weighted by atomic mass is 32.2. The lowest BCUT2D eigenvalue weighted by Crippen LogP contribution is -2.13. The summed E-state index contributed by atoms with van der Waals surface area (Å²) < 4.78 is 0. The molecule has 106 valence electrons. The van der Waals surface area contributed by atoms with E-state index in [9.17, 15) is 5.11 Å². The molecule has 1 nitrogen and oxygen atoms in total. The number of rotatable bonds is 9. The van der Waals surface area contributed by atoms with Crippen LogP contribution >= 0.6 is 0 Å². The first-order chi connectivity index (χ1) is 9.69. The molecule has 0 aliphatic carbocycles. The second-order valence-corrected chi connectivity index (χ2v) is 6.52. The van der Waals surface area contributed by atoms with Crippen molar-refractivity contribution >= 4 is 10.9 Å². The van der Waals surface area contributed by atoms with Gasteiger partial charge in [0.1, 0.15) is 17.3 Å². The lowest BCUT2D eigenvalue weighted by molar-refractivity contribution is 0.468. The minimum Gasteiger partial charge on any atom is -0.508 e. The molecular formula is C18H23OS+. The van der Waals surface area contributed by atoms with Crippen LogP contribution in [0.2, 0.25) is 0 Å². The van der Waals surface area contributed by atoms with Crippen molar-refractivity contribution in [2.24, 2.45) is 0 Å². The van der Waals surface area contributed by atoms with Gasteiger partial charge < -0.3 is 5.11 Å². The van der Waals surface area contributed by atoms with Gasteiger partial charge >= 0.3 is 0 Å². The van der Waals surface area contributed by atoms with Crippen molar-refractivity contribution in [2.75, 3.05) is 11.5 Å². The molecule has 0 bridgehead atoms. The summed E-state index contributed by atoms with van der Waals surface area (Å²) in [5.41, 5.74) is 2.13. The van der Waals surface area contributed by atoms with Gasteiger partial charge in [0.25, 0.3) is 0 Å². The normalized spacial score (nSPS) is 10.2.